The maximum Gasteiger partial charge on any atom is 0.276 e. The number of nitrogens with one attached hydrogen (secondary N) is 2. The fourth-order valence-corrected chi connectivity index (χ4v) is 2.78. The Bertz CT molecular complexity index is 732. The van der Waals surface area contributed by atoms with Gasteiger partial charge in [0.05, 0.1) is 5.56 Å². The van der Waals surface area contributed by atoms with Gasteiger partial charge in [0.15, 0.2) is 6.61 Å². The Hall–Kier alpha value is -2.09. The van der Waals surface area contributed by atoms with Crippen molar-refractivity contribution in [2.75, 3.05) is 6.61 Å². The van der Waals surface area contributed by atoms with Gasteiger partial charge >= 0.3 is 0 Å². The molecule has 2 aromatic rings. The van der Waals surface area contributed by atoms with Gasteiger partial charge < -0.3 is 4.74 Å². The summed E-state index contributed by atoms with van der Waals surface area (Å²) in [5.41, 5.74) is 6.48. The van der Waals surface area contributed by atoms with Crippen molar-refractivity contribution < 1.29 is 14.3 Å². The van der Waals surface area contributed by atoms with Crippen LogP contribution in [0.4, 0.5) is 0 Å². The van der Waals surface area contributed by atoms with Gasteiger partial charge in [0, 0.05) is 3.57 Å². The first kappa shape index (κ1) is 19.2. The van der Waals surface area contributed by atoms with Crippen LogP contribution in [0, 0.1) is 3.57 Å². The molecule has 0 fully saturated rings. The van der Waals surface area contributed by atoms with E-state index < -0.39 is 5.91 Å². The molecule has 0 aromatic heterocycles. The standard InChI is InChI=1S/C19H21IN2O3/c1-3-13(2)14-8-10-15(11-9-14)25-12-18(23)21-22-19(24)16-6-4-5-7-17(16)20/h4-11,13H,3,12H2,1-2H3,(H,21,23)(H,22,24). The molecule has 1 unspecified atom stereocenters. The SMILES string of the molecule is CCC(C)c1ccc(OCC(=O)NNC(=O)c2ccccc2I)cc1. The lowest BCUT2D eigenvalue weighted by Crippen LogP contribution is -2.44. The first-order valence-electron chi connectivity index (χ1n) is 8.07. The Morgan fingerprint density at radius 1 is 1.08 bits per heavy atom. The van der Waals surface area contributed by atoms with Crippen LogP contribution in [0.25, 0.3) is 0 Å². The van der Waals surface area contributed by atoms with Crippen LogP contribution in [0.15, 0.2) is 48.5 Å². The third kappa shape index (κ3) is 5.74. The summed E-state index contributed by atoms with van der Waals surface area (Å²) in [4.78, 5) is 23.8. The number of carbonyl (C=O) groups excluding carboxylic acids is 2. The van der Waals surface area contributed by atoms with Gasteiger partial charge in [0.2, 0.25) is 0 Å². The maximum absolute atomic E-state index is 12.0. The summed E-state index contributed by atoms with van der Waals surface area (Å²) in [5.74, 6) is 0.320. The highest BCUT2D eigenvalue weighted by molar-refractivity contribution is 14.1. The van der Waals surface area contributed by atoms with Crippen LogP contribution in [0.1, 0.15) is 42.1 Å². The molecule has 1 atom stereocenters. The second-order valence-electron chi connectivity index (χ2n) is 5.65. The highest BCUT2D eigenvalue weighted by Crippen LogP contribution is 2.21. The normalized spacial score (nSPS) is 11.5. The minimum atomic E-state index is -0.426. The van der Waals surface area contributed by atoms with Crippen LogP contribution in [0.5, 0.6) is 5.75 Å². The monoisotopic (exact) mass is 452 g/mol. The number of hydrogen-bond acceptors (Lipinski definition) is 3. The Kier molecular flexibility index (Phi) is 7.24. The van der Waals surface area contributed by atoms with Gasteiger partial charge in [-0.2, -0.15) is 0 Å². The van der Waals surface area contributed by atoms with Gasteiger partial charge in [0.25, 0.3) is 11.8 Å². The first-order valence-corrected chi connectivity index (χ1v) is 9.15. The van der Waals surface area contributed by atoms with E-state index in [0.717, 1.165) is 9.99 Å². The molecule has 2 rings (SSSR count). The Morgan fingerprint density at radius 3 is 2.40 bits per heavy atom. The molecule has 2 N–H and O–H groups in total. The van der Waals surface area contributed by atoms with Crippen molar-refractivity contribution in [1.82, 2.24) is 10.9 Å². The summed E-state index contributed by atoms with van der Waals surface area (Å²) < 4.78 is 6.24. The minimum absolute atomic E-state index is 0.172. The summed E-state index contributed by atoms with van der Waals surface area (Å²) in [6.45, 7) is 4.14. The average molecular weight is 452 g/mol. The van der Waals surface area contributed by atoms with Gasteiger partial charge in [-0.25, -0.2) is 0 Å². The fourth-order valence-electron chi connectivity index (χ4n) is 2.15. The molecule has 2 amide bonds. The molecule has 0 spiro atoms. The predicted octanol–water partition coefficient (Wildman–Crippen LogP) is 3.64. The number of halogens is 1. The van der Waals surface area contributed by atoms with E-state index in [4.69, 9.17) is 4.74 Å². The van der Waals surface area contributed by atoms with E-state index in [0.29, 0.717) is 17.2 Å². The number of rotatable bonds is 6. The van der Waals surface area contributed by atoms with E-state index in [9.17, 15) is 9.59 Å². The van der Waals surface area contributed by atoms with Crippen LogP contribution >= 0.6 is 22.6 Å². The zero-order chi connectivity index (χ0) is 18.2. The summed E-state index contributed by atoms with van der Waals surface area (Å²) in [7, 11) is 0. The third-order valence-corrected chi connectivity index (χ3v) is 4.81. The minimum Gasteiger partial charge on any atom is -0.484 e. The van der Waals surface area contributed by atoms with Crippen LogP contribution in [0.2, 0.25) is 0 Å². The van der Waals surface area contributed by atoms with E-state index in [1.54, 1.807) is 12.1 Å². The predicted molar refractivity (Wildman–Crippen MR) is 105 cm³/mol. The molecule has 0 bridgehead atoms. The smallest absolute Gasteiger partial charge is 0.276 e. The zero-order valence-corrected chi connectivity index (χ0v) is 16.4. The van der Waals surface area contributed by atoms with Gasteiger partial charge in [-0.15, -0.1) is 0 Å². The average Bonchev–Trinajstić information content (AvgIpc) is 2.64. The third-order valence-electron chi connectivity index (χ3n) is 3.87. The number of hydrazine groups is 1. The van der Waals surface area contributed by atoms with Gasteiger partial charge in [-0.05, 0) is 64.8 Å². The first-order chi connectivity index (χ1) is 12.0. The Balaban J connectivity index is 1.79. The summed E-state index contributed by atoms with van der Waals surface area (Å²) >= 11 is 2.07. The number of hydrogen-bond donors (Lipinski definition) is 2. The van der Waals surface area contributed by atoms with Crippen molar-refractivity contribution in [3.8, 4) is 5.75 Å². The van der Waals surface area contributed by atoms with Crippen LogP contribution in [0.3, 0.4) is 0 Å². The number of ether oxygens (including phenoxy) is 1. The lowest BCUT2D eigenvalue weighted by atomic mass is 9.99. The zero-order valence-electron chi connectivity index (χ0n) is 14.2. The molecule has 25 heavy (non-hydrogen) atoms. The molecule has 5 nitrogen and oxygen atoms in total. The van der Waals surface area contributed by atoms with E-state index in [-0.39, 0.29) is 12.5 Å². The van der Waals surface area contributed by atoms with Crippen molar-refractivity contribution in [3.05, 3.63) is 63.2 Å². The van der Waals surface area contributed by atoms with Crippen LogP contribution in [-0.4, -0.2) is 18.4 Å². The Morgan fingerprint density at radius 2 is 1.76 bits per heavy atom. The van der Waals surface area contributed by atoms with E-state index in [1.807, 2.05) is 36.4 Å². The largest absolute Gasteiger partial charge is 0.484 e. The molecule has 0 radical (unpaired) electrons. The fraction of sp³-hybridized carbons (Fsp3) is 0.263. The summed E-state index contributed by atoms with van der Waals surface area (Å²) in [5, 5.41) is 0. The highest BCUT2D eigenvalue weighted by Gasteiger charge is 2.10. The van der Waals surface area contributed by atoms with Crippen LogP contribution < -0.4 is 15.6 Å². The van der Waals surface area contributed by atoms with E-state index in [1.165, 1.54) is 5.56 Å². The van der Waals surface area contributed by atoms with E-state index >= 15 is 0 Å². The van der Waals surface area contributed by atoms with Crippen LogP contribution in [-0.2, 0) is 4.79 Å². The molecule has 6 heteroatoms. The van der Waals surface area contributed by atoms with Crippen molar-refractivity contribution in [2.24, 2.45) is 0 Å². The molecule has 0 aliphatic heterocycles. The summed E-state index contributed by atoms with van der Waals surface area (Å²) in [6.07, 6.45) is 1.07. The molecule has 0 heterocycles. The highest BCUT2D eigenvalue weighted by atomic mass is 127. The lowest BCUT2D eigenvalue weighted by molar-refractivity contribution is -0.123. The molecular formula is C19H21IN2O3. The number of benzene rings is 2. The molecule has 0 aliphatic carbocycles. The summed E-state index contributed by atoms with van der Waals surface area (Å²) in [6, 6.07) is 14.8. The molecule has 0 saturated carbocycles. The second kappa shape index (κ2) is 9.41. The van der Waals surface area contributed by atoms with Crippen molar-refractivity contribution >= 4 is 34.4 Å². The molecule has 0 aliphatic rings. The quantitative estimate of drug-likeness (QED) is 0.520. The molecule has 0 saturated heterocycles. The molecular weight excluding hydrogens is 431 g/mol. The van der Waals surface area contributed by atoms with Crippen molar-refractivity contribution in [2.45, 2.75) is 26.2 Å². The number of amides is 2. The lowest BCUT2D eigenvalue weighted by Gasteiger charge is -2.11. The number of carbonyl (C=O) groups is 2. The van der Waals surface area contributed by atoms with Gasteiger partial charge in [-0.3, -0.25) is 20.4 Å². The van der Waals surface area contributed by atoms with Gasteiger partial charge in [-0.1, -0.05) is 38.1 Å². The second-order valence-corrected chi connectivity index (χ2v) is 6.81. The maximum atomic E-state index is 12.0. The van der Waals surface area contributed by atoms with E-state index in [2.05, 4.69) is 47.3 Å². The Labute approximate surface area is 161 Å². The topological polar surface area (TPSA) is 67.4 Å². The molecule has 2 aromatic carbocycles. The molecule has 132 valence electrons. The van der Waals surface area contributed by atoms with Crippen molar-refractivity contribution in [1.29, 1.82) is 0 Å². The van der Waals surface area contributed by atoms with Gasteiger partial charge in [0.1, 0.15) is 5.75 Å². The van der Waals surface area contributed by atoms with Crippen molar-refractivity contribution in [3.63, 3.8) is 0 Å².